The molecule has 7 heteroatoms. The number of halogens is 1. The molecule has 0 bridgehead atoms. The predicted molar refractivity (Wildman–Crippen MR) is 88.6 cm³/mol. The van der Waals surface area contributed by atoms with Crippen LogP contribution < -0.4 is 11.1 Å². The van der Waals surface area contributed by atoms with Gasteiger partial charge in [0.2, 0.25) is 0 Å². The smallest absolute Gasteiger partial charge is 0.407 e. The summed E-state index contributed by atoms with van der Waals surface area (Å²) in [5.74, 6) is 4.39. The Kier molecular flexibility index (Phi) is 6.28. The molecule has 0 radical (unpaired) electrons. The Morgan fingerprint density at radius 3 is 2.61 bits per heavy atom. The maximum absolute atomic E-state index is 11.4. The van der Waals surface area contributed by atoms with Crippen LogP contribution in [0.25, 0.3) is 0 Å². The van der Waals surface area contributed by atoms with E-state index in [9.17, 15) is 9.59 Å². The Hall–Kier alpha value is -2.39. The maximum Gasteiger partial charge on any atom is 0.407 e. The molecule has 0 aromatic heterocycles. The molecule has 1 aromatic rings. The van der Waals surface area contributed by atoms with Gasteiger partial charge < -0.3 is 20.9 Å². The van der Waals surface area contributed by atoms with E-state index in [-0.39, 0.29) is 16.3 Å². The summed E-state index contributed by atoms with van der Waals surface area (Å²) in [6.07, 6.45) is -0.164. The molecule has 1 rings (SSSR count). The number of hydrogen-bond acceptors (Lipinski definition) is 4. The summed E-state index contributed by atoms with van der Waals surface area (Å²) < 4.78 is 5.08. The second-order valence-corrected chi connectivity index (χ2v) is 6.14. The fraction of sp³-hybridized carbons (Fsp3) is 0.375. The SMILES string of the molecule is CC(C)(C)OC(=O)NCCC#Cc1cc(Cl)cc(C(=O)O)c1N. The molecule has 124 valence electrons. The Labute approximate surface area is 140 Å². The molecule has 1 aromatic carbocycles. The normalized spacial score (nSPS) is 10.4. The summed E-state index contributed by atoms with van der Waals surface area (Å²) in [7, 11) is 0. The van der Waals surface area contributed by atoms with Gasteiger partial charge in [-0.3, -0.25) is 0 Å². The van der Waals surface area contributed by atoms with Crippen LogP contribution in [0, 0.1) is 11.8 Å². The Morgan fingerprint density at radius 2 is 2.04 bits per heavy atom. The molecule has 23 heavy (non-hydrogen) atoms. The van der Waals surface area contributed by atoms with E-state index >= 15 is 0 Å². The number of aromatic carboxylic acids is 1. The zero-order valence-electron chi connectivity index (χ0n) is 13.2. The van der Waals surface area contributed by atoms with Crippen molar-refractivity contribution >= 4 is 29.4 Å². The van der Waals surface area contributed by atoms with Crippen LogP contribution in [0.15, 0.2) is 12.1 Å². The van der Waals surface area contributed by atoms with Crippen LogP contribution in [0.2, 0.25) is 5.02 Å². The van der Waals surface area contributed by atoms with Crippen LogP contribution in [0.4, 0.5) is 10.5 Å². The van der Waals surface area contributed by atoms with E-state index in [4.69, 9.17) is 27.2 Å². The number of nitrogens with two attached hydrogens (primary N) is 1. The van der Waals surface area contributed by atoms with Crippen LogP contribution in [0.1, 0.15) is 43.1 Å². The number of amides is 1. The zero-order valence-corrected chi connectivity index (χ0v) is 14.0. The maximum atomic E-state index is 11.4. The molecule has 0 aliphatic carbocycles. The summed E-state index contributed by atoms with van der Waals surface area (Å²) in [6.45, 7) is 5.62. The Morgan fingerprint density at radius 1 is 1.39 bits per heavy atom. The monoisotopic (exact) mass is 338 g/mol. The first-order valence-corrected chi connectivity index (χ1v) is 7.26. The highest BCUT2D eigenvalue weighted by atomic mass is 35.5. The quantitative estimate of drug-likeness (QED) is 0.447. The number of anilines is 1. The van der Waals surface area contributed by atoms with Crippen molar-refractivity contribution in [2.24, 2.45) is 0 Å². The van der Waals surface area contributed by atoms with Crippen molar-refractivity contribution in [3.63, 3.8) is 0 Å². The predicted octanol–water partition coefficient (Wildman–Crippen LogP) is 2.89. The molecule has 0 unspecified atom stereocenters. The molecule has 0 aliphatic heterocycles. The number of carbonyl (C=O) groups is 2. The van der Waals surface area contributed by atoms with Crippen LogP contribution in [-0.2, 0) is 4.74 Å². The highest BCUT2D eigenvalue weighted by Crippen LogP contribution is 2.22. The third kappa shape index (κ3) is 6.49. The summed E-state index contributed by atoms with van der Waals surface area (Å²) in [4.78, 5) is 22.5. The molecule has 6 nitrogen and oxygen atoms in total. The van der Waals surface area contributed by atoms with E-state index in [1.54, 1.807) is 20.8 Å². The van der Waals surface area contributed by atoms with Gasteiger partial charge in [-0.05, 0) is 32.9 Å². The van der Waals surface area contributed by atoms with Gasteiger partial charge in [-0.25, -0.2) is 9.59 Å². The number of rotatable bonds is 3. The van der Waals surface area contributed by atoms with Crippen molar-refractivity contribution < 1.29 is 19.4 Å². The lowest BCUT2D eigenvalue weighted by atomic mass is 10.1. The van der Waals surface area contributed by atoms with Crippen LogP contribution in [-0.4, -0.2) is 29.3 Å². The topological polar surface area (TPSA) is 102 Å². The summed E-state index contributed by atoms with van der Waals surface area (Å²) in [5.41, 5.74) is 5.51. The molecule has 4 N–H and O–H groups in total. The van der Waals surface area contributed by atoms with Gasteiger partial charge in [0.05, 0.1) is 11.3 Å². The number of carboxylic acids is 1. The van der Waals surface area contributed by atoms with Gasteiger partial charge >= 0.3 is 12.1 Å². The Bertz CT molecular complexity index is 669. The van der Waals surface area contributed by atoms with Crippen LogP contribution >= 0.6 is 11.6 Å². The van der Waals surface area contributed by atoms with Crippen LogP contribution in [0.5, 0.6) is 0 Å². The van der Waals surface area contributed by atoms with Crippen molar-refractivity contribution in [3.8, 4) is 11.8 Å². The van der Waals surface area contributed by atoms with Gasteiger partial charge in [0.25, 0.3) is 0 Å². The number of alkyl carbamates (subject to hydrolysis) is 1. The minimum atomic E-state index is -1.17. The van der Waals surface area contributed by atoms with E-state index in [1.165, 1.54) is 12.1 Å². The first-order chi connectivity index (χ1) is 10.6. The van der Waals surface area contributed by atoms with Crippen molar-refractivity contribution in [1.82, 2.24) is 5.32 Å². The summed E-state index contributed by atoms with van der Waals surface area (Å²) in [5, 5.41) is 11.8. The second kappa shape index (κ2) is 7.75. The molecule has 0 atom stereocenters. The van der Waals surface area contributed by atoms with Gasteiger partial charge in [0.15, 0.2) is 0 Å². The average Bonchev–Trinajstić information content (AvgIpc) is 2.39. The van der Waals surface area contributed by atoms with Crippen molar-refractivity contribution in [3.05, 3.63) is 28.3 Å². The van der Waals surface area contributed by atoms with Gasteiger partial charge in [-0.1, -0.05) is 23.4 Å². The van der Waals surface area contributed by atoms with E-state index in [2.05, 4.69) is 17.2 Å². The van der Waals surface area contributed by atoms with E-state index in [1.807, 2.05) is 0 Å². The van der Waals surface area contributed by atoms with Gasteiger partial charge in [-0.2, -0.15) is 0 Å². The largest absolute Gasteiger partial charge is 0.478 e. The third-order valence-corrected chi connectivity index (χ3v) is 2.73. The molecule has 0 saturated carbocycles. The molecule has 1 amide bonds. The molecular formula is C16H19ClN2O4. The van der Waals surface area contributed by atoms with Crippen molar-refractivity contribution in [2.45, 2.75) is 32.8 Å². The molecular weight excluding hydrogens is 320 g/mol. The first kappa shape index (κ1) is 18.7. The van der Waals surface area contributed by atoms with Crippen LogP contribution in [0.3, 0.4) is 0 Å². The Balaban J connectivity index is 2.64. The lowest BCUT2D eigenvalue weighted by Crippen LogP contribution is -2.32. The summed E-state index contributed by atoms with van der Waals surface area (Å²) in [6, 6.07) is 2.77. The number of nitrogen functional groups attached to an aromatic ring is 1. The van der Waals surface area contributed by atoms with Crippen molar-refractivity contribution in [1.29, 1.82) is 0 Å². The number of benzene rings is 1. The average molecular weight is 339 g/mol. The first-order valence-electron chi connectivity index (χ1n) is 6.88. The van der Waals surface area contributed by atoms with E-state index in [0.29, 0.717) is 18.5 Å². The standard InChI is InChI=1S/C16H19ClN2O4/c1-16(2,3)23-15(22)19-7-5-4-6-10-8-11(17)9-12(13(10)18)14(20)21/h8-9H,5,7,18H2,1-3H3,(H,19,22)(H,20,21). The molecule has 0 fully saturated rings. The second-order valence-electron chi connectivity index (χ2n) is 5.70. The number of ether oxygens (including phenoxy) is 1. The summed E-state index contributed by atoms with van der Waals surface area (Å²) >= 11 is 5.85. The third-order valence-electron chi connectivity index (χ3n) is 2.52. The number of carboxylic acid groups (broad SMARTS) is 1. The fourth-order valence-corrected chi connectivity index (χ4v) is 1.82. The number of carbonyl (C=O) groups excluding carboxylic acids is 1. The molecule has 0 spiro atoms. The fourth-order valence-electron chi connectivity index (χ4n) is 1.60. The highest BCUT2D eigenvalue weighted by Gasteiger charge is 2.15. The molecule has 0 heterocycles. The van der Waals surface area contributed by atoms with E-state index < -0.39 is 17.7 Å². The number of nitrogens with one attached hydrogen (secondary N) is 1. The lowest BCUT2D eigenvalue weighted by Gasteiger charge is -2.19. The number of hydrogen-bond donors (Lipinski definition) is 3. The van der Waals surface area contributed by atoms with E-state index in [0.717, 1.165) is 0 Å². The van der Waals surface area contributed by atoms with Gasteiger partial charge in [0, 0.05) is 23.6 Å². The molecule has 0 aliphatic rings. The van der Waals surface area contributed by atoms with Gasteiger partial charge in [-0.15, -0.1) is 0 Å². The van der Waals surface area contributed by atoms with Gasteiger partial charge in [0.1, 0.15) is 5.60 Å². The lowest BCUT2D eigenvalue weighted by molar-refractivity contribution is 0.0528. The minimum Gasteiger partial charge on any atom is -0.478 e. The zero-order chi connectivity index (χ0) is 17.6. The van der Waals surface area contributed by atoms with Crippen molar-refractivity contribution in [2.75, 3.05) is 12.3 Å². The molecule has 0 saturated heterocycles. The minimum absolute atomic E-state index is 0.0644. The highest BCUT2D eigenvalue weighted by molar-refractivity contribution is 6.31.